The van der Waals surface area contributed by atoms with Gasteiger partial charge >= 0.3 is 0 Å². The van der Waals surface area contributed by atoms with Crippen LogP contribution in [-0.2, 0) is 9.53 Å². The molecule has 27 heavy (non-hydrogen) atoms. The number of morpholine rings is 1. The van der Waals surface area contributed by atoms with Crippen molar-refractivity contribution in [1.82, 2.24) is 19.9 Å². The minimum atomic E-state index is -0.0525. The van der Waals surface area contributed by atoms with Crippen molar-refractivity contribution in [1.29, 1.82) is 0 Å². The molecule has 1 saturated heterocycles. The van der Waals surface area contributed by atoms with Gasteiger partial charge < -0.3 is 14.5 Å². The summed E-state index contributed by atoms with van der Waals surface area (Å²) in [4.78, 5) is 27.3. The number of pyridine rings is 2. The lowest BCUT2D eigenvalue weighted by atomic mass is 10.1. The third kappa shape index (κ3) is 4.29. The van der Waals surface area contributed by atoms with Gasteiger partial charge in [0.25, 0.3) is 0 Å². The number of anilines is 1. The number of nitrogens with zero attached hydrogens (tertiary/aromatic N) is 4. The van der Waals surface area contributed by atoms with Crippen molar-refractivity contribution >= 4 is 22.6 Å². The fraction of sp³-hybridized carbons (Fsp3) is 0.368. The van der Waals surface area contributed by atoms with Crippen LogP contribution < -0.4 is 5.32 Å². The quantitative estimate of drug-likeness (QED) is 0.739. The Morgan fingerprint density at radius 3 is 2.78 bits per heavy atom. The Morgan fingerprint density at radius 2 is 2.00 bits per heavy atom. The topological polar surface area (TPSA) is 93.4 Å². The third-order valence-corrected chi connectivity index (χ3v) is 4.50. The minimum absolute atomic E-state index is 0.0525. The zero-order chi connectivity index (χ0) is 18.6. The third-order valence-electron chi connectivity index (χ3n) is 4.50. The lowest BCUT2D eigenvalue weighted by molar-refractivity contribution is -0.116. The number of rotatable bonds is 5. The molecular formula is C19H21N5O3. The van der Waals surface area contributed by atoms with Gasteiger partial charge in [0.1, 0.15) is 5.82 Å². The van der Waals surface area contributed by atoms with Crippen molar-refractivity contribution in [3.05, 3.63) is 36.6 Å². The van der Waals surface area contributed by atoms with E-state index in [1.807, 2.05) is 12.1 Å². The van der Waals surface area contributed by atoms with Crippen LogP contribution in [0.3, 0.4) is 0 Å². The fourth-order valence-electron chi connectivity index (χ4n) is 3.02. The molecule has 0 bridgehead atoms. The second-order valence-electron chi connectivity index (χ2n) is 6.48. The van der Waals surface area contributed by atoms with Crippen molar-refractivity contribution in [2.45, 2.75) is 13.3 Å². The van der Waals surface area contributed by atoms with Crippen LogP contribution in [-0.4, -0.2) is 58.6 Å². The van der Waals surface area contributed by atoms with Crippen molar-refractivity contribution < 1.29 is 13.9 Å². The first kappa shape index (κ1) is 17.6. The SMILES string of the molecule is Cc1ncc(-c2cnc3cnc(NC(=O)CCN4CCOCC4)cc3c2)o1. The molecule has 4 rings (SSSR count). The summed E-state index contributed by atoms with van der Waals surface area (Å²) in [7, 11) is 0. The Kier molecular flexibility index (Phi) is 5.08. The van der Waals surface area contributed by atoms with E-state index in [9.17, 15) is 4.79 Å². The second-order valence-corrected chi connectivity index (χ2v) is 6.48. The van der Waals surface area contributed by atoms with Gasteiger partial charge in [-0.15, -0.1) is 0 Å². The molecule has 4 heterocycles. The number of hydrogen-bond donors (Lipinski definition) is 1. The summed E-state index contributed by atoms with van der Waals surface area (Å²) in [6, 6.07) is 3.77. The number of hydrogen-bond acceptors (Lipinski definition) is 7. The molecule has 1 amide bonds. The zero-order valence-corrected chi connectivity index (χ0v) is 15.1. The standard InChI is InChI=1S/C19H21N5O3/c1-13-20-12-17(27-13)15-8-14-9-18(22-11-16(14)21-10-15)23-19(25)2-3-24-4-6-26-7-5-24/h8-12H,2-7H2,1H3,(H,22,23,25). The first-order chi connectivity index (χ1) is 13.2. The Balaban J connectivity index is 1.44. The van der Waals surface area contributed by atoms with E-state index in [0.29, 0.717) is 23.9 Å². The number of ether oxygens (including phenoxy) is 1. The number of nitrogens with one attached hydrogen (secondary N) is 1. The number of aryl methyl sites for hydroxylation is 1. The van der Waals surface area contributed by atoms with E-state index >= 15 is 0 Å². The van der Waals surface area contributed by atoms with Gasteiger partial charge in [-0.3, -0.25) is 14.7 Å². The highest BCUT2D eigenvalue weighted by Crippen LogP contribution is 2.24. The summed E-state index contributed by atoms with van der Waals surface area (Å²) in [5.74, 6) is 1.73. The van der Waals surface area contributed by atoms with Gasteiger partial charge in [-0.05, 0) is 12.1 Å². The van der Waals surface area contributed by atoms with Gasteiger partial charge in [0.05, 0.1) is 31.1 Å². The van der Waals surface area contributed by atoms with Crippen LogP contribution in [0.25, 0.3) is 22.2 Å². The molecule has 0 unspecified atom stereocenters. The molecule has 8 heteroatoms. The molecule has 0 aliphatic carbocycles. The summed E-state index contributed by atoms with van der Waals surface area (Å²) >= 11 is 0. The zero-order valence-electron chi connectivity index (χ0n) is 15.1. The molecule has 140 valence electrons. The van der Waals surface area contributed by atoms with E-state index in [2.05, 4.69) is 25.2 Å². The lowest BCUT2D eigenvalue weighted by Gasteiger charge is -2.26. The van der Waals surface area contributed by atoms with E-state index in [-0.39, 0.29) is 5.91 Å². The van der Waals surface area contributed by atoms with E-state index in [0.717, 1.165) is 49.3 Å². The maximum atomic E-state index is 12.2. The number of amides is 1. The molecule has 3 aromatic rings. The van der Waals surface area contributed by atoms with Crippen molar-refractivity contribution in [3.8, 4) is 11.3 Å². The lowest BCUT2D eigenvalue weighted by Crippen LogP contribution is -2.38. The summed E-state index contributed by atoms with van der Waals surface area (Å²) in [6.45, 7) is 5.72. The Hall–Kier alpha value is -2.84. The van der Waals surface area contributed by atoms with Crippen LogP contribution in [0.2, 0.25) is 0 Å². The van der Waals surface area contributed by atoms with E-state index in [1.165, 1.54) is 0 Å². The van der Waals surface area contributed by atoms with Crippen molar-refractivity contribution in [3.63, 3.8) is 0 Å². The maximum absolute atomic E-state index is 12.2. The van der Waals surface area contributed by atoms with Gasteiger partial charge in [0.2, 0.25) is 5.91 Å². The Bertz CT molecular complexity index is 949. The van der Waals surface area contributed by atoms with Gasteiger partial charge in [-0.25, -0.2) is 9.97 Å². The van der Waals surface area contributed by atoms with Crippen LogP contribution in [0.1, 0.15) is 12.3 Å². The van der Waals surface area contributed by atoms with Gasteiger partial charge in [-0.2, -0.15) is 0 Å². The summed E-state index contributed by atoms with van der Waals surface area (Å²) < 4.78 is 10.9. The molecule has 0 spiro atoms. The number of oxazole rings is 1. The number of carbonyl (C=O) groups excluding carboxylic acids is 1. The minimum Gasteiger partial charge on any atom is -0.441 e. The average molecular weight is 367 g/mol. The first-order valence-corrected chi connectivity index (χ1v) is 8.96. The van der Waals surface area contributed by atoms with Gasteiger partial charge in [0.15, 0.2) is 11.7 Å². The van der Waals surface area contributed by atoms with Crippen LogP contribution in [0.15, 0.2) is 35.1 Å². The van der Waals surface area contributed by atoms with Crippen LogP contribution in [0.4, 0.5) is 5.82 Å². The van der Waals surface area contributed by atoms with Crippen molar-refractivity contribution in [2.75, 3.05) is 38.2 Å². The number of fused-ring (bicyclic) bond motifs is 1. The second kappa shape index (κ2) is 7.81. The maximum Gasteiger partial charge on any atom is 0.226 e. The number of carbonyl (C=O) groups is 1. The highest BCUT2D eigenvalue weighted by atomic mass is 16.5. The molecular weight excluding hydrogens is 346 g/mol. The molecule has 1 N–H and O–H groups in total. The number of aromatic nitrogens is 3. The normalized spacial score (nSPS) is 15.1. The molecule has 0 radical (unpaired) electrons. The summed E-state index contributed by atoms with van der Waals surface area (Å²) in [5.41, 5.74) is 1.58. The monoisotopic (exact) mass is 367 g/mol. The van der Waals surface area contributed by atoms with Crippen LogP contribution in [0.5, 0.6) is 0 Å². The van der Waals surface area contributed by atoms with E-state index < -0.39 is 0 Å². The largest absolute Gasteiger partial charge is 0.441 e. The van der Waals surface area contributed by atoms with Crippen LogP contribution in [0, 0.1) is 6.92 Å². The van der Waals surface area contributed by atoms with Gasteiger partial charge in [0, 0.05) is 50.1 Å². The summed E-state index contributed by atoms with van der Waals surface area (Å²) in [5, 5.41) is 3.74. The van der Waals surface area contributed by atoms with E-state index in [1.54, 1.807) is 25.5 Å². The molecule has 1 fully saturated rings. The van der Waals surface area contributed by atoms with Crippen LogP contribution >= 0.6 is 0 Å². The molecule has 0 atom stereocenters. The van der Waals surface area contributed by atoms with Crippen molar-refractivity contribution in [2.24, 2.45) is 0 Å². The smallest absolute Gasteiger partial charge is 0.226 e. The Labute approximate surface area is 156 Å². The van der Waals surface area contributed by atoms with E-state index in [4.69, 9.17) is 9.15 Å². The predicted octanol–water partition coefficient (Wildman–Crippen LogP) is 2.25. The molecule has 8 nitrogen and oxygen atoms in total. The average Bonchev–Trinajstić information content (AvgIpc) is 3.13. The molecule has 0 aromatic carbocycles. The summed E-state index contributed by atoms with van der Waals surface area (Å²) in [6.07, 6.45) is 5.48. The molecule has 1 aliphatic rings. The molecule has 0 saturated carbocycles. The van der Waals surface area contributed by atoms with Gasteiger partial charge in [-0.1, -0.05) is 0 Å². The first-order valence-electron chi connectivity index (χ1n) is 8.96. The Morgan fingerprint density at radius 1 is 1.15 bits per heavy atom. The highest BCUT2D eigenvalue weighted by Gasteiger charge is 2.13. The molecule has 1 aliphatic heterocycles. The predicted molar refractivity (Wildman–Crippen MR) is 100 cm³/mol. The molecule has 3 aromatic heterocycles. The highest BCUT2D eigenvalue weighted by molar-refractivity contribution is 5.92. The fourth-order valence-corrected chi connectivity index (χ4v) is 3.02.